The van der Waals surface area contributed by atoms with Crippen molar-refractivity contribution in [3.05, 3.63) is 87.9 Å². The summed E-state index contributed by atoms with van der Waals surface area (Å²) >= 11 is 6.00. The summed E-state index contributed by atoms with van der Waals surface area (Å²) in [4.78, 5) is 22.5. The SMILES string of the molecule is O=C(Nc1ccccc1)C(N=Nc1ccc([N+](=O)[O-])cc1Cl)=NNc1ccccc1S(=O)(=O)O. The maximum absolute atomic E-state index is 12.7. The summed E-state index contributed by atoms with van der Waals surface area (Å²) in [5, 5.41) is 24.7. The number of amides is 1. The number of non-ortho nitro benzene ring substituents is 1. The Kier molecular flexibility index (Phi) is 7.63. The molecule has 3 aromatic rings. The molecule has 34 heavy (non-hydrogen) atoms. The van der Waals surface area contributed by atoms with Crippen LogP contribution in [0.2, 0.25) is 5.02 Å². The third-order valence-electron chi connectivity index (χ3n) is 4.08. The van der Waals surface area contributed by atoms with Gasteiger partial charge in [0.1, 0.15) is 10.6 Å². The van der Waals surface area contributed by atoms with Crippen LogP contribution in [-0.4, -0.2) is 29.6 Å². The Hall–Kier alpha value is -4.20. The number of carbonyl (C=O) groups is 1. The van der Waals surface area contributed by atoms with Gasteiger partial charge in [0.05, 0.1) is 15.6 Å². The van der Waals surface area contributed by atoms with Gasteiger partial charge in [-0.1, -0.05) is 41.9 Å². The Labute approximate surface area is 197 Å². The van der Waals surface area contributed by atoms with Crippen molar-refractivity contribution in [1.29, 1.82) is 0 Å². The predicted octanol–water partition coefficient (Wildman–Crippen LogP) is 4.64. The van der Waals surface area contributed by atoms with E-state index in [1.165, 1.54) is 24.3 Å². The summed E-state index contributed by atoms with van der Waals surface area (Å²) in [5.41, 5.74) is 2.42. The number of anilines is 2. The molecule has 3 N–H and O–H groups in total. The quantitative estimate of drug-likeness (QED) is 0.110. The van der Waals surface area contributed by atoms with Crippen molar-refractivity contribution in [2.24, 2.45) is 15.3 Å². The van der Waals surface area contributed by atoms with E-state index in [0.29, 0.717) is 5.69 Å². The topological polar surface area (TPSA) is 176 Å². The Balaban J connectivity index is 1.95. The molecular formula is C20H15ClN6O6S. The zero-order valence-electron chi connectivity index (χ0n) is 17.0. The number of nitro groups is 1. The normalized spacial score (nSPS) is 11.9. The van der Waals surface area contributed by atoms with Gasteiger partial charge < -0.3 is 5.32 Å². The van der Waals surface area contributed by atoms with Gasteiger partial charge in [0, 0.05) is 17.8 Å². The largest absolute Gasteiger partial charge is 0.319 e. The van der Waals surface area contributed by atoms with Crippen LogP contribution in [0.25, 0.3) is 0 Å². The van der Waals surface area contributed by atoms with Crippen LogP contribution in [0, 0.1) is 10.1 Å². The molecule has 0 aromatic heterocycles. The van der Waals surface area contributed by atoms with Gasteiger partial charge in [-0.2, -0.15) is 8.42 Å². The number of benzene rings is 3. The van der Waals surface area contributed by atoms with Gasteiger partial charge in [-0.15, -0.1) is 15.3 Å². The summed E-state index contributed by atoms with van der Waals surface area (Å²) in [6, 6.07) is 17.1. The van der Waals surface area contributed by atoms with Gasteiger partial charge in [-0.3, -0.25) is 24.9 Å². The fourth-order valence-electron chi connectivity index (χ4n) is 2.52. The molecule has 0 bridgehead atoms. The standard InChI is InChI=1S/C20H15ClN6O6S/c21-15-12-14(27(29)30)10-11-16(15)23-25-19(20(28)22-13-6-2-1-3-7-13)26-24-17-8-4-5-9-18(17)34(31,32)33/h1-12,24H,(H,22,28)(H,31,32,33). The lowest BCUT2D eigenvalue weighted by atomic mass is 10.3. The van der Waals surface area contributed by atoms with Gasteiger partial charge >= 0.3 is 0 Å². The minimum Gasteiger partial charge on any atom is -0.319 e. The lowest BCUT2D eigenvalue weighted by Crippen LogP contribution is -2.22. The molecule has 0 unspecified atom stereocenters. The van der Waals surface area contributed by atoms with E-state index in [1.807, 2.05) is 0 Å². The Morgan fingerprint density at radius 3 is 2.35 bits per heavy atom. The van der Waals surface area contributed by atoms with E-state index in [-0.39, 0.29) is 22.1 Å². The number of carbonyl (C=O) groups excluding carboxylic acids is 1. The molecule has 0 aliphatic rings. The zero-order valence-corrected chi connectivity index (χ0v) is 18.6. The molecule has 174 valence electrons. The number of hydrogen-bond acceptors (Lipinski definition) is 8. The molecule has 0 saturated carbocycles. The molecule has 1 amide bonds. The van der Waals surface area contributed by atoms with Crippen LogP contribution in [0.5, 0.6) is 0 Å². The smallest absolute Gasteiger partial charge is 0.297 e. The van der Waals surface area contributed by atoms with Crippen molar-refractivity contribution >= 4 is 56.2 Å². The first-order valence-corrected chi connectivity index (χ1v) is 11.1. The van der Waals surface area contributed by atoms with Crippen LogP contribution in [-0.2, 0) is 14.9 Å². The maximum Gasteiger partial charge on any atom is 0.297 e. The summed E-state index contributed by atoms with van der Waals surface area (Å²) in [7, 11) is -4.58. The first-order chi connectivity index (χ1) is 16.1. The summed E-state index contributed by atoms with van der Waals surface area (Å²) in [5.74, 6) is -1.35. The Bertz CT molecular complexity index is 1400. The molecule has 0 aliphatic carbocycles. The first-order valence-electron chi connectivity index (χ1n) is 9.27. The van der Waals surface area contributed by atoms with E-state index in [9.17, 15) is 27.9 Å². The van der Waals surface area contributed by atoms with Crippen LogP contribution in [0.1, 0.15) is 0 Å². The number of hydrogen-bond donors (Lipinski definition) is 3. The van der Waals surface area contributed by atoms with Crippen molar-refractivity contribution in [2.75, 3.05) is 10.7 Å². The third kappa shape index (κ3) is 6.41. The highest BCUT2D eigenvalue weighted by Gasteiger charge is 2.17. The van der Waals surface area contributed by atoms with E-state index in [0.717, 1.165) is 18.2 Å². The number of nitrogens with one attached hydrogen (secondary N) is 2. The molecular weight excluding hydrogens is 488 g/mol. The van der Waals surface area contributed by atoms with Crippen LogP contribution in [0.3, 0.4) is 0 Å². The number of hydrazone groups is 1. The van der Waals surface area contributed by atoms with Gasteiger partial charge in [0.25, 0.3) is 27.5 Å². The second-order valence-corrected chi connectivity index (χ2v) is 8.23. The number of rotatable bonds is 6. The molecule has 0 radical (unpaired) electrons. The second kappa shape index (κ2) is 10.6. The number of para-hydroxylation sites is 2. The maximum atomic E-state index is 12.7. The van der Waals surface area contributed by atoms with Crippen LogP contribution in [0.15, 0.2) is 93.0 Å². The van der Waals surface area contributed by atoms with E-state index >= 15 is 0 Å². The van der Waals surface area contributed by atoms with E-state index < -0.39 is 31.7 Å². The second-order valence-electron chi connectivity index (χ2n) is 6.43. The minimum atomic E-state index is -4.58. The summed E-state index contributed by atoms with van der Waals surface area (Å²) < 4.78 is 32.5. The highest BCUT2D eigenvalue weighted by molar-refractivity contribution is 7.86. The molecule has 0 heterocycles. The van der Waals surface area contributed by atoms with Crippen molar-refractivity contribution in [2.45, 2.75) is 4.90 Å². The number of nitrogens with zero attached hydrogens (tertiary/aromatic N) is 4. The Morgan fingerprint density at radius 2 is 1.71 bits per heavy atom. The lowest BCUT2D eigenvalue weighted by Gasteiger charge is -2.07. The van der Waals surface area contributed by atoms with Gasteiger partial charge in [0.2, 0.25) is 0 Å². The summed E-state index contributed by atoms with van der Waals surface area (Å²) in [6.45, 7) is 0. The highest BCUT2D eigenvalue weighted by Crippen LogP contribution is 2.29. The van der Waals surface area contributed by atoms with E-state index in [2.05, 4.69) is 26.1 Å². The molecule has 0 fully saturated rings. The van der Waals surface area contributed by atoms with Crippen molar-refractivity contribution in [1.82, 2.24) is 0 Å². The fraction of sp³-hybridized carbons (Fsp3) is 0. The molecule has 0 atom stereocenters. The van der Waals surface area contributed by atoms with E-state index in [4.69, 9.17) is 11.6 Å². The van der Waals surface area contributed by atoms with Crippen LogP contribution < -0.4 is 10.7 Å². The minimum absolute atomic E-state index is 0.0193. The monoisotopic (exact) mass is 502 g/mol. The molecule has 12 nitrogen and oxygen atoms in total. The molecule has 0 aliphatic heterocycles. The average Bonchev–Trinajstić information content (AvgIpc) is 2.80. The average molecular weight is 503 g/mol. The predicted molar refractivity (Wildman–Crippen MR) is 125 cm³/mol. The van der Waals surface area contributed by atoms with Crippen molar-refractivity contribution in [3.63, 3.8) is 0 Å². The third-order valence-corrected chi connectivity index (χ3v) is 5.29. The first kappa shape index (κ1) is 24.4. The molecule has 0 saturated heterocycles. The van der Waals surface area contributed by atoms with Gasteiger partial charge in [-0.25, -0.2) is 0 Å². The zero-order chi connectivity index (χ0) is 24.7. The number of nitro benzene ring substituents is 1. The molecule has 14 heteroatoms. The van der Waals surface area contributed by atoms with Crippen LogP contribution in [0.4, 0.5) is 22.7 Å². The highest BCUT2D eigenvalue weighted by atomic mass is 35.5. The fourth-order valence-corrected chi connectivity index (χ4v) is 3.37. The Morgan fingerprint density at radius 1 is 1.03 bits per heavy atom. The lowest BCUT2D eigenvalue weighted by molar-refractivity contribution is -0.384. The number of amidine groups is 1. The van der Waals surface area contributed by atoms with Crippen molar-refractivity contribution in [3.8, 4) is 0 Å². The van der Waals surface area contributed by atoms with Gasteiger partial charge in [-0.05, 0) is 30.3 Å². The summed E-state index contributed by atoms with van der Waals surface area (Å²) in [6.07, 6.45) is 0. The molecule has 3 rings (SSSR count). The number of halogens is 1. The number of azo groups is 1. The molecule has 3 aromatic carbocycles. The molecule has 0 spiro atoms. The van der Waals surface area contributed by atoms with Crippen LogP contribution >= 0.6 is 11.6 Å². The van der Waals surface area contributed by atoms with E-state index in [1.54, 1.807) is 30.3 Å². The van der Waals surface area contributed by atoms with Gasteiger partial charge in [0.15, 0.2) is 0 Å². The van der Waals surface area contributed by atoms with Crippen molar-refractivity contribution < 1.29 is 22.7 Å².